The molecular formula is C22H23Cl2NO5. The van der Waals surface area contributed by atoms with Crippen LogP contribution in [0.5, 0.6) is 5.75 Å². The van der Waals surface area contributed by atoms with Crippen LogP contribution in [0.25, 0.3) is 10.9 Å². The first-order valence-corrected chi connectivity index (χ1v) is 10.0. The van der Waals surface area contributed by atoms with Crippen molar-refractivity contribution < 1.29 is 24.2 Å². The molecule has 0 saturated heterocycles. The minimum absolute atomic E-state index is 0.0150. The second-order valence-electron chi connectivity index (χ2n) is 6.47. The lowest BCUT2D eigenvalue weighted by molar-refractivity contribution is -0.143. The Bertz CT molecular complexity index is 1010. The summed E-state index contributed by atoms with van der Waals surface area (Å²) in [5.41, 5.74) is 2.36. The van der Waals surface area contributed by atoms with Gasteiger partial charge in [-0.1, -0.05) is 11.6 Å². The van der Waals surface area contributed by atoms with Gasteiger partial charge in [0.05, 0.1) is 18.5 Å². The summed E-state index contributed by atoms with van der Waals surface area (Å²) in [5.74, 6) is 0.398. The van der Waals surface area contributed by atoms with Gasteiger partial charge in [0.1, 0.15) is 18.5 Å². The minimum Gasteiger partial charge on any atom is -0.497 e. The van der Waals surface area contributed by atoms with E-state index in [1.54, 1.807) is 35.9 Å². The molecule has 3 rings (SSSR count). The lowest BCUT2D eigenvalue weighted by Crippen LogP contribution is -2.18. The molecule has 0 fully saturated rings. The summed E-state index contributed by atoms with van der Waals surface area (Å²) in [6.07, 6.45) is -0.740. The van der Waals surface area contributed by atoms with Gasteiger partial charge in [0.25, 0.3) is 5.91 Å². The van der Waals surface area contributed by atoms with E-state index in [0.717, 1.165) is 22.3 Å². The molecule has 1 N–H and O–H groups in total. The fourth-order valence-corrected chi connectivity index (χ4v) is 2.92. The number of carbonyl (C=O) groups excluding carboxylic acids is 2. The Morgan fingerprint density at radius 3 is 2.37 bits per heavy atom. The molecule has 0 aliphatic heterocycles. The molecule has 1 aromatic heterocycles. The number of ether oxygens (including phenoxy) is 2. The maximum atomic E-state index is 12.7. The SMILES string of the molecule is CC(=O)OCC(O)CCl.COc1ccc2c(c1)cc(C)n2C(=O)c1ccc(Cl)cc1. The fraction of sp³-hybridized carbons (Fsp3) is 0.273. The van der Waals surface area contributed by atoms with Gasteiger partial charge in [-0.3, -0.25) is 14.2 Å². The van der Waals surface area contributed by atoms with Crippen molar-refractivity contribution in [3.8, 4) is 5.75 Å². The highest BCUT2D eigenvalue weighted by Gasteiger charge is 2.15. The number of rotatable bonds is 5. The summed E-state index contributed by atoms with van der Waals surface area (Å²) in [4.78, 5) is 22.8. The Hall–Kier alpha value is -2.54. The summed E-state index contributed by atoms with van der Waals surface area (Å²) >= 11 is 11.1. The number of aliphatic hydroxyl groups excluding tert-OH is 1. The average Bonchev–Trinajstić information content (AvgIpc) is 3.07. The number of esters is 1. The van der Waals surface area contributed by atoms with Crippen LogP contribution in [0, 0.1) is 6.92 Å². The van der Waals surface area contributed by atoms with E-state index < -0.39 is 12.1 Å². The molecule has 3 aromatic rings. The molecule has 0 bridgehead atoms. The largest absolute Gasteiger partial charge is 0.497 e. The smallest absolute Gasteiger partial charge is 0.302 e. The molecule has 1 atom stereocenters. The molecule has 0 aliphatic rings. The highest BCUT2D eigenvalue weighted by Crippen LogP contribution is 2.25. The van der Waals surface area contributed by atoms with Crippen LogP contribution in [0.3, 0.4) is 0 Å². The third-order valence-electron chi connectivity index (χ3n) is 4.14. The Balaban J connectivity index is 0.000000303. The second kappa shape index (κ2) is 11.0. The Morgan fingerprint density at radius 2 is 1.80 bits per heavy atom. The topological polar surface area (TPSA) is 77.8 Å². The molecule has 0 radical (unpaired) electrons. The van der Waals surface area contributed by atoms with Gasteiger partial charge in [-0.15, -0.1) is 11.6 Å². The number of halogens is 2. The highest BCUT2D eigenvalue weighted by atomic mass is 35.5. The summed E-state index contributed by atoms with van der Waals surface area (Å²) in [5, 5.41) is 10.3. The Kier molecular flexibility index (Phi) is 8.72. The first-order valence-electron chi connectivity index (χ1n) is 9.10. The number of aliphatic hydroxyl groups is 1. The van der Waals surface area contributed by atoms with Crippen molar-refractivity contribution in [2.45, 2.75) is 20.0 Å². The normalized spacial score (nSPS) is 11.4. The zero-order valence-corrected chi connectivity index (χ0v) is 18.4. The number of nitrogens with zero attached hydrogens (tertiary/aromatic N) is 1. The summed E-state index contributed by atoms with van der Waals surface area (Å²) in [7, 11) is 1.63. The lowest BCUT2D eigenvalue weighted by atomic mass is 10.2. The van der Waals surface area contributed by atoms with E-state index in [9.17, 15) is 9.59 Å². The predicted molar refractivity (Wildman–Crippen MR) is 118 cm³/mol. The molecule has 160 valence electrons. The quantitative estimate of drug-likeness (QED) is 0.457. The predicted octanol–water partition coefficient (Wildman–Crippen LogP) is 4.45. The molecule has 0 spiro atoms. The second-order valence-corrected chi connectivity index (χ2v) is 7.21. The van der Waals surface area contributed by atoms with E-state index in [2.05, 4.69) is 4.74 Å². The van der Waals surface area contributed by atoms with Crippen molar-refractivity contribution in [3.63, 3.8) is 0 Å². The molecular weight excluding hydrogens is 429 g/mol. The maximum absolute atomic E-state index is 12.7. The zero-order chi connectivity index (χ0) is 22.3. The molecule has 1 unspecified atom stereocenters. The number of hydrogen-bond acceptors (Lipinski definition) is 5. The van der Waals surface area contributed by atoms with Crippen molar-refractivity contribution in [1.82, 2.24) is 4.57 Å². The van der Waals surface area contributed by atoms with Crippen LogP contribution in [0.4, 0.5) is 0 Å². The van der Waals surface area contributed by atoms with Crippen LogP contribution in [-0.2, 0) is 9.53 Å². The first kappa shape index (κ1) is 23.7. The minimum atomic E-state index is -0.740. The van der Waals surface area contributed by atoms with E-state index in [1.165, 1.54) is 6.92 Å². The van der Waals surface area contributed by atoms with Crippen LogP contribution in [0.1, 0.15) is 23.0 Å². The van der Waals surface area contributed by atoms with Crippen molar-refractivity contribution in [1.29, 1.82) is 0 Å². The van der Waals surface area contributed by atoms with Gasteiger partial charge in [-0.2, -0.15) is 0 Å². The van der Waals surface area contributed by atoms with Crippen molar-refractivity contribution in [3.05, 3.63) is 64.8 Å². The van der Waals surface area contributed by atoms with Crippen LogP contribution < -0.4 is 4.74 Å². The van der Waals surface area contributed by atoms with Gasteiger partial charge in [0.15, 0.2) is 0 Å². The number of aryl methyl sites for hydroxylation is 1. The standard InChI is InChI=1S/C17H14ClNO2.C5H9ClO3/c1-11-9-13-10-15(21-2)7-8-16(13)19(11)17(20)12-3-5-14(18)6-4-12;1-4(7)9-3-5(8)2-6/h3-10H,1-2H3;5,8H,2-3H2,1H3. The van der Waals surface area contributed by atoms with Crippen LogP contribution in [-0.4, -0.2) is 47.3 Å². The molecule has 2 aromatic carbocycles. The molecule has 8 heteroatoms. The molecule has 1 heterocycles. The van der Waals surface area contributed by atoms with Crippen molar-refractivity contribution in [2.24, 2.45) is 0 Å². The lowest BCUT2D eigenvalue weighted by Gasteiger charge is -2.07. The third kappa shape index (κ3) is 6.23. The monoisotopic (exact) mass is 451 g/mol. The third-order valence-corrected chi connectivity index (χ3v) is 4.75. The number of fused-ring (bicyclic) bond motifs is 1. The molecule has 30 heavy (non-hydrogen) atoms. The maximum Gasteiger partial charge on any atom is 0.302 e. The van der Waals surface area contributed by atoms with Gasteiger partial charge in [0.2, 0.25) is 0 Å². The number of carbonyl (C=O) groups is 2. The number of methoxy groups -OCH3 is 1. The van der Waals surface area contributed by atoms with Crippen LogP contribution in [0.2, 0.25) is 5.02 Å². The van der Waals surface area contributed by atoms with Gasteiger partial charge in [-0.25, -0.2) is 0 Å². The zero-order valence-electron chi connectivity index (χ0n) is 16.9. The van der Waals surface area contributed by atoms with Gasteiger partial charge < -0.3 is 14.6 Å². The Labute approximate surface area is 184 Å². The first-order chi connectivity index (χ1) is 14.3. The molecule has 0 aliphatic carbocycles. The number of benzene rings is 2. The summed E-state index contributed by atoms with van der Waals surface area (Å²) < 4.78 is 11.3. The molecule has 6 nitrogen and oxygen atoms in total. The van der Waals surface area contributed by atoms with Crippen molar-refractivity contribution >= 4 is 46.0 Å². The van der Waals surface area contributed by atoms with E-state index in [0.29, 0.717) is 10.6 Å². The van der Waals surface area contributed by atoms with Crippen LogP contribution in [0.15, 0.2) is 48.5 Å². The number of aromatic nitrogens is 1. The van der Waals surface area contributed by atoms with Gasteiger partial charge in [0, 0.05) is 28.6 Å². The van der Waals surface area contributed by atoms with E-state index in [4.69, 9.17) is 33.0 Å². The summed E-state index contributed by atoms with van der Waals surface area (Å²) in [6.45, 7) is 3.18. The van der Waals surface area contributed by atoms with E-state index in [1.807, 2.05) is 31.2 Å². The van der Waals surface area contributed by atoms with Crippen LogP contribution >= 0.6 is 23.2 Å². The average molecular weight is 452 g/mol. The number of hydrogen-bond donors (Lipinski definition) is 1. The molecule has 0 saturated carbocycles. The van der Waals surface area contributed by atoms with E-state index in [-0.39, 0.29) is 18.4 Å². The summed E-state index contributed by atoms with van der Waals surface area (Å²) in [6, 6.07) is 14.6. The van der Waals surface area contributed by atoms with E-state index >= 15 is 0 Å². The highest BCUT2D eigenvalue weighted by molar-refractivity contribution is 6.30. The fourth-order valence-electron chi connectivity index (χ4n) is 2.71. The van der Waals surface area contributed by atoms with Crippen molar-refractivity contribution in [2.75, 3.05) is 19.6 Å². The Morgan fingerprint density at radius 1 is 1.13 bits per heavy atom. The van der Waals surface area contributed by atoms with Gasteiger partial charge >= 0.3 is 5.97 Å². The van der Waals surface area contributed by atoms with Gasteiger partial charge in [-0.05, 0) is 55.5 Å². The molecule has 0 amide bonds. The number of alkyl halides is 1.